The molecule has 2 aliphatic rings. The number of amides is 1. The number of rotatable bonds is 5. The van der Waals surface area contributed by atoms with Crippen LogP contribution in [0.15, 0.2) is 18.2 Å². The average molecular weight is 319 g/mol. The maximum absolute atomic E-state index is 12.4. The molecule has 2 bridgehead atoms. The molecule has 1 unspecified atom stereocenters. The number of ether oxygens (including phenoxy) is 3. The molecule has 6 nitrogen and oxygen atoms in total. The number of hydrogen-bond donors (Lipinski definition) is 0. The van der Waals surface area contributed by atoms with Gasteiger partial charge in [-0.05, 0) is 31.0 Å². The van der Waals surface area contributed by atoms with E-state index < -0.39 is 0 Å². The molecule has 0 aromatic heterocycles. The van der Waals surface area contributed by atoms with Gasteiger partial charge in [0.15, 0.2) is 11.5 Å². The van der Waals surface area contributed by atoms with Gasteiger partial charge in [-0.1, -0.05) is 0 Å². The molecule has 3 atom stereocenters. The molecule has 0 saturated carbocycles. The summed E-state index contributed by atoms with van der Waals surface area (Å²) < 4.78 is 16.0. The number of piperidine rings is 1. The van der Waals surface area contributed by atoms with Gasteiger partial charge in [-0.25, -0.2) is 4.79 Å². The van der Waals surface area contributed by atoms with E-state index in [1.807, 2.05) is 4.90 Å². The topological polar surface area (TPSA) is 65.1 Å². The van der Waals surface area contributed by atoms with Crippen molar-refractivity contribution < 1.29 is 23.8 Å². The summed E-state index contributed by atoms with van der Waals surface area (Å²) in [6.07, 6.45) is 4.21. The van der Waals surface area contributed by atoms with Crippen LogP contribution in [0.5, 0.6) is 11.5 Å². The van der Waals surface area contributed by atoms with Gasteiger partial charge in [0.05, 0.1) is 19.8 Å². The summed E-state index contributed by atoms with van der Waals surface area (Å²) in [5, 5.41) is 0. The fourth-order valence-electron chi connectivity index (χ4n) is 3.61. The first-order chi connectivity index (χ1) is 11.2. The molecule has 1 amide bonds. The average Bonchev–Trinajstić information content (AvgIpc) is 2.83. The van der Waals surface area contributed by atoms with Crippen LogP contribution in [-0.4, -0.2) is 49.7 Å². The van der Waals surface area contributed by atoms with E-state index in [0.717, 1.165) is 19.3 Å². The molecular weight excluding hydrogens is 298 g/mol. The molecule has 0 spiro atoms. The smallest absolute Gasteiger partial charge is 0.338 e. The van der Waals surface area contributed by atoms with Crippen molar-refractivity contribution >= 4 is 12.4 Å². The van der Waals surface area contributed by atoms with E-state index in [0.29, 0.717) is 29.9 Å². The van der Waals surface area contributed by atoms with Gasteiger partial charge in [0.1, 0.15) is 6.10 Å². The molecule has 0 N–H and O–H groups in total. The quantitative estimate of drug-likeness (QED) is 0.613. The number of carbonyl (C=O) groups is 2. The van der Waals surface area contributed by atoms with Gasteiger partial charge in [0.25, 0.3) is 0 Å². The molecule has 2 heterocycles. The van der Waals surface area contributed by atoms with Crippen molar-refractivity contribution in [2.45, 2.75) is 43.9 Å². The summed E-state index contributed by atoms with van der Waals surface area (Å²) in [5.74, 6) is 0.703. The van der Waals surface area contributed by atoms with Crippen LogP contribution in [0, 0.1) is 0 Å². The molecule has 1 aromatic rings. The Morgan fingerprint density at radius 1 is 1.13 bits per heavy atom. The minimum Gasteiger partial charge on any atom is -0.493 e. The molecule has 3 rings (SSSR count). The second kappa shape index (κ2) is 6.48. The maximum Gasteiger partial charge on any atom is 0.338 e. The molecule has 2 aliphatic heterocycles. The van der Waals surface area contributed by atoms with Crippen molar-refractivity contribution in [2.75, 3.05) is 14.2 Å². The van der Waals surface area contributed by atoms with Crippen molar-refractivity contribution in [3.8, 4) is 11.5 Å². The van der Waals surface area contributed by atoms with E-state index in [2.05, 4.69) is 0 Å². The van der Waals surface area contributed by atoms with Gasteiger partial charge < -0.3 is 19.1 Å². The lowest BCUT2D eigenvalue weighted by molar-refractivity contribution is -0.123. The van der Waals surface area contributed by atoms with Crippen LogP contribution in [0.25, 0.3) is 0 Å². The minimum atomic E-state index is -0.366. The largest absolute Gasteiger partial charge is 0.493 e. The summed E-state index contributed by atoms with van der Waals surface area (Å²) in [6.45, 7) is 0. The minimum absolute atomic E-state index is 0.135. The number of esters is 1. The summed E-state index contributed by atoms with van der Waals surface area (Å²) in [4.78, 5) is 25.3. The molecule has 124 valence electrons. The highest BCUT2D eigenvalue weighted by Gasteiger charge is 2.41. The Morgan fingerprint density at radius 2 is 1.78 bits per heavy atom. The first-order valence-corrected chi connectivity index (χ1v) is 7.82. The predicted molar refractivity (Wildman–Crippen MR) is 82.7 cm³/mol. The van der Waals surface area contributed by atoms with Gasteiger partial charge in [-0.3, -0.25) is 4.79 Å². The Morgan fingerprint density at radius 3 is 2.35 bits per heavy atom. The molecule has 2 saturated heterocycles. The van der Waals surface area contributed by atoms with Gasteiger partial charge in [0.2, 0.25) is 6.41 Å². The molecule has 1 aromatic carbocycles. The summed E-state index contributed by atoms with van der Waals surface area (Å²) in [6, 6.07) is 5.38. The van der Waals surface area contributed by atoms with E-state index in [1.54, 1.807) is 25.3 Å². The summed E-state index contributed by atoms with van der Waals surface area (Å²) in [5.41, 5.74) is 0.438. The third kappa shape index (κ3) is 2.98. The normalized spacial score (nSPS) is 25.8. The van der Waals surface area contributed by atoms with Crippen LogP contribution >= 0.6 is 0 Å². The van der Waals surface area contributed by atoms with Crippen LogP contribution in [0.4, 0.5) is 0 Å². The van der Waals surface area contributed by atoms with Crippen LogP contribution in [0.2, 0.25) is 0 Å². The standard InChI is InChI=1S/C17H21NO5/c1-21-15-6-3-11(7-16(15)22-2)17(20)23-14-8-12-4-5-13(9-14)18(12)10-19/h3,6-7,10,12-14H,4-5,8-9H2,1-2H3/t12-,13+,14?. The molecule has 2 fully saturated rings. The maximum atomic E-state index is 12.4. The second-order valence-corrected chi connectivity index (χ2v) is 6.01. The van der Waals surface area contributed by atoms with E-state index in [-0.39, 0.29) is 24.2 Å². The van der Waals surface area contributed by atoms with E-state index in [1.165, 1.54) is 7.11 Å². The van der Waals surface area contributed by atoms with E-state index >= 15 is 0 Å². The van der Waals surface area contributed by atoms with Gasteiger partial charge in [-0.2, -0.15) is 0 Å². The first kappa shape index (κ1) is 15.6. The Balaban J connectivity index is 1.67. The van der Waals surface area contributed by atoms with Gasteiger partial charge in [-0.15, -0.1) is 0 Å². The SMILES string of the molecule is COc1ccc(C(=O)OC2C[C@H]3CC[C@@H](C2)N3C=O)cc1OC. The van der Waals surface area contributed by atoms with Crippen molar-refractivity contribution in [1.82, 2.24) is 4.90 Å². The number of methoxy groups -OCH3 is 2. The van der Waals surface area contributed by atoms with E-state index in [4.69, 9.17) is 14.2 Å². The lowest BCUT2D eigenvalue weighted by Crippen LogP contribution is -2.45. The van der Waals surface area contributed by atoms with Gasteiger partial charge >= 0.3 is 5.97 Å². The number of benzene rings is 1. The van der Waals surface area contributed by atoms with Crippen molar-refractivity contribution in [3.05, 3.63) is 23.8 Å². The fraction of sp³-hybridized carbons (Fsp3) is 0.529. The van der Waals surface area contributed by atoms with Gasteiger partial charge in [0, 0.05) is 24.9 Å². The number of nitrogens with zero attached hydrogens (tertiary/aromatic N) is 1. The Bertz CT molecular complexity index is 589. The van der Waals surface area contributed by atoms with Crippen LogP contribution in [0.1, 0.15) is 36.0 Å². The molecule has 0 aliphatic carbocycles. The second-order valence-electron chi connectivity index (χ2n) is 6.01. The number of hydrogen-bond acceptors (Lipinski definition) is 5. The summed E-state index contributed by atoms with van der Waals surface area (Å²) in [7, 11) is 3.08. The molecule has 6 heteroatoms. The molecule has 0 radical (unpaired) electrons. The van der Waals surface area contributed by atoms with Crippen molar-refractivity contribution in [3.63, 3.8) is 0 Å². The van der Waals surface area contributed by atoms with Crippen LogP contribution < -0.4 is 9.47 Å². The first-order valence-electron chi connectivity index (χ1n) is 7.82. The Hall–Kier alpha value is -2.24. The highest BCUT2D eigenvalue weighted by atomic mass is 16.5. The summed E-state index contributed by atoms with van der Waals surface area (Å²) >= 11 is 0. The monoisotopic (exact) mass is 319 g/mol. The number of carbonyl (C=O) groups excluding carboxylic acids is 2. The predicted octanol–water partition coefficient (Wildman–Crippen LogP) is 2.01. The molecular formula is C17H21NO5. The third-order valence-corrected chi connectivity index (χ3v) is 4.76. The zero-order valence-corrected chi connectivity index (χ0v) is 13.4. The zero-order valence-electron chi connectivity index (χ0n) is 13.4. The Labute approximate surface area is 135 Å². The zero-order chi connectivity index (χ0) is 16.4. The lowest BCUT2D eigenvalue weighted by atomic mass is 10.0. The number of fused-ring (bicyclic) bond motifs is 2. The molecule has 23 heavy (non-hydrogen) atoms. The lowest BCUT2D eigenvalue weighted by Gasteiger charge is -2.35. The van der Waals surface area contributed by atoms with Crippen molar-refractivity contribution in [2.24, 2.45) is 0 Å². The van der Waals surface area contributed by atoms with Crippen molar-refractivity contribution in [1.29, 1.82) is 0 Å². The van der Waals surface area contributed by atoms with Crippen LogP contribution in [0.3, 0.4) is 0 Å². The highest BCUT2D eigenvalue weighted by Crippen LogP contribution is 2.36. The van der Waals surface area contributed by atoms with Crippen LogP contribution in [-0.2, 0) is 9.53 Å². The Kier molecular flexibility index (Phi) is 4.41. The van der Waals surface area contributed by atoms with E-state index in [9.17, 15) is 9.59 Å². The fourth-order valence-corrected chi connectivity index (χ4v) is 3.61. The highest BCUT2D eigenvalue weighted by molar-refractivity contribution is 5.90. The third-order valence-electron chi connectivity index (χ3n) is 4.76.